The summed E-state index contributed by atoms with van der Waals surface area (Å²) in [6.45, 7) is 0.849. The summed E-state index contributed by atoms with van der Waals surface area (Å²) in [6, 6.07) is 31.2. The van der Waals surface area contributed by atoms with Gasteiger partial charge < -0.3 is 20.6 Å². The topological polar surface area (TPSA) is 107 Å². The van der Waals surface area contributed by atoms with Crippen molar-refractivity contribution < 1.29 is 24.9 Å². The summed E-state index contributed by atoms with van der Waals surface area (Å²) < 4.78 is 0. The van der Waals surface area contributed by atoms with Crippen LogP contribution in [-0.4, -0.2) is 40.4 Å². The van der Waals surface area contributed by atoms with Crippen LogP contribution in [0.25, 0.3) is 0 Å². The Morgan fingerprint density at radius 3 is 1.37 bits per heavy atom. The zero-order valence-corrected chi connectivity index (χ0v) is 16.4. The summed E-state index contributed by atoms with van der Waals surface area (Å²) in [5.74, 6) is -3.56. The Bertz CT molecular complexity index is 849. The lowest BCUT2D eigenvalue weighted by Gasteiger charge is -2.23. The van der Waals surface area contributed by atoms with Crippen LogP contribution in [0.5, 0.6) is 0 Å². The van der Waals surface area contributed by atoms with E-state index in [1.165, 1.54) is 11.1 Å². The number of aliphatic hydroxyl groups is 1. The number of benzene rings is 3. The maximum Gasteiger partial charge on any atom is 0.414 e. The first kappa shape index (κ1) is 22.8. The fourth-order valence-electron chi connectivity index (χ4n) is 2.99. The molecule has 0 radical (unpaired) electrons. The highest BCUT2D eigenvalue weighted by molar-refractivity contribution is 6.27. The van der Waals surface area contributed by atoms with Crippen LogP contribution in [-0.2, 0) is 9.59 Å². The van der Waals surface area contributed by atoms with Crippen LogP contribution in [0.4, 0.5) is 0 Å². The summed E-state index contributed by atoms with van der Waals surface area (Å²) in [5, 5.41) is 28.2. The summed E-state index contributed by atoms with van der Waals surface area (Å²) in [7, 11) is 0. The number of carbonyl (C=O) groups is 2. The normalized spacial score (nSPS) is 11.3. The number of aliphatic hydroxyl groups excluding tert-OH is 1. The van der Waals surface area contributed by atoms with Crippen LogP contribution in [0, 0.1) is 0 Å². The highest BCUT2D eigenvalue weighted by atomic mass is 16.4. The lowest BCUT2D eigenvalue weighted by atomic mass is 9.96. The van der Waals surface area contributed by atoms with Gasteiger partial charge >= 0.3 is 11.9 Å². The minimum atomic E-state index is -1.82. The predicted octanol–water partition coefficient (Wildman–Crippen LogP) is 3.30. The van der Waals surface area contributed by atoms with Crippen LogP contribution in [0.2, 0.25) is 0 Å². The van der Waals surface area contributed by atoms with Crippen molar-refractivity contribution in [3.8, 4) is 0 Å². The van der Waals surface area contributed by atoms with Gasteiger partial charge in [0.05, 0.1) is 12.6 Å². The van der Waals surface area contributed by atoms with Crippen LogP contribution in [0.3, 0.4) is 0 Å². The van der Waals surface area contributed by atoms with E-state index in [-0.39, 0.29) is 18.6 Å². The smallest absolute Gasteiger partial charge is 0.414 e. The van der Waals surface area contributed by atoms with E-state index in [1.54, 1.807) is 0 Å². The second-order valence-corrected chi connectivity index (χ2v) is 6.56. The van der Waals surface area contributed by atoms with Gasteiger partial charge in [-0.3, -0.25) is 0 Å². The molecule has 4 N–H and O–H groups in total. The average molecular weight is 407 g/mol. The number of carboxylic acids is 2. The van der Waals surface area contributed by atoms with E-state index in [0.29, 0.717) is 0 Å². The molecule has 0 amide bonds. The zero-order valence-electron chi connectivity index (χ0n) is 16.4. The number of hydrogen-bond donors (Lipinski definition) is 4. The molecule has 0 aromatic heterocycles. The van der Waals surface area contributed by atoms with Crippen LogP contribution in [0.15, 0.2) is 91.0 Å². The third kappa shape index (κ3) is 7.16. The molecule has 0 bridgehead atoms. The number of nitrogens with one attached hydrogen (secondary N) is 1. The first-order valence-electron chi connectivity index (χ1n) is 9.48. The van der Waals surface area contributed by atoms with E-state index in [4.69, 9.17) is 19.8 Å². The Kier molecular flexibility index (Phi) is 9.24. The second-order valence-electron chi connectivity index (χ2n) is 6.56. The SMILES string of the molecule is O=C(O)C(=O)O.OCC(CNC(c1ccccc1)c1ccccc1)c1ccccc1. The lowest BCUT2D eigenvalue weighted by Crippen LogP contribution is -2.28. The van der Waals surface area contributed by atoms with Gasteiger partial charge in [-0.05, 0) is 16.7 Å². The fourth-order valence-corrected chi connectivity index (χ4v) is 2.99. The first-order valence-corrected chi connectivity index (χ1v) is 9.48. The molecule has 0 saturated heterocycles. The number of carboxylic acid groups (broad SMARTS) is 2. The molecule has 0 saturated carbocycles. The molecule has 3 rings (SSSR count). The van der Waals surface area contributed by atoms with Crippen molar-refractivity contribution in [3.05, 3.63) is 108 Å². The molecule has 1 unspecified atom stereocenters. The monoisotopic (exact) mass is 407 g/mol. The van der Waals surface area contributed by atoms with Crippen LogP contribution < -0.4 is 5.32 Å². The molecular weight excluding hydrogens is 382 g/mol. The second kappa shape index (κ2) is 12.2. The zero-order chi connectivity index (χ0) is 21.8. The molecule has 0 spiro atoms. The molecule has 0 aliphatic heterocycles. The Hall–Kier alpha value is -3.48. The van der Waals surface area contributed by atoms with Crippen molar-refractivity contribution in [2.24, 2.45) is 0 Å². The van der Waals surface area contributed by atoms with Gasteiger partial charge in [0, 0.05) is 12.5 Å². The van der Waals surface area contributed by atoms with Crippen molar-refractivity contribution in [1.29, 1.82) is 0 Å². The minimum Gasteiger partial charge on any atom is -0.473 e. The van der Waals surface area contributed by atoms with E-state index < -0.39 is 11.9 Å². The van der Waals surface area contributed by atoms with Crippen molar-refractivity contribution in [2.45, 2.75) is 12.0 Å². The van der Waals surface area contributed by atoms with Gasteiger partial charge in [-0.2, -0.15) is 0 Å². The van der Waals surface area contributed by atoms with Gasteiger partial charge in [0.1, 0.15) is 0 Å². The molecular formula is C24H25NO5. The maximum atomic E-state index is 9.79. The highest BCUT2D eigenvalue weighted by Gasteiger charge is 2.16. The molecule has 3 aromatic rings. The third-order valence-corrected chi connectivity index (χ3v) is 4.51. The standard InChI is InChI=1S/C22H23NO.C2H2O4/c24-17-21(18-10-4-1-5-11-18)16-23-22(19-12-6-2-7-13-19)20-14-8-3-9-15-20;3-1(4)2(5)6/h1-15,21-24H,16-17H2;(H,3,4)(H,5,6). The molecule has 0 fully saturated rings. The summed E-state index contributed by atoms with van der Waals surface area (Å²) in [4.78, 5) is 18.2. The van der Waals surface area contributed by atoms with E-state index in [0.717, 1.165) is 12.1 Å². The number of aliphatic carboxylic acids is 2. The number of rotatable bonds is 7. The van der Waals surface area contributed by atoms with Crippen molar-refractivity contribution in [3.63, 3.8) is 0 Å². The van der Waals surface area contributed by atoms with Crippen molar-refractivity contribution in [1.82, 2.24) is 5.32 Å². The van der Waals surface area contributed by atoms with Gasteiger partial charge in [-0.25, -0.2) is 9.59 Å². The Balaban J connectivity index is 0.000000469. The molecule has 6 heteroatoms. The molecule has 156 valence electrons. The fraction of sp³-hybridized carbons (Fsp3) is 0.167. The summed E-state index contributed by atoms with van der Waals surface area (Å²) in [5.41, 5.74) is 3.62. The predicted molar refractivity (Wildman–Crippen MR) is 114 cm³/mol. The van der Waals surface area contributed by atoms with Crippen LogP contribution >= 0.6 is 0 Å². The molecule has 0 aliphatic carbocycles. The van der Waals surface area contributed by atoms with E-state index in [2.05, 4.69) is 66.0 Å². The summed E-state index contributed by atoms with van der Waals surface area (Å²) >= 11 is 0. The van der Waals surface area contributed by atoms with E-state index in [9.17, 15) is 5.11 Å². The van der Waals surface area contributed by atoms with Gasteiger partial charge in [-0.15, -0.1) is 0 Å². The highest BCUT2D eigenvalue weighted by Crippen LogP contribution is 2.23. The Morgan fingerprint density at radius 1 is 0.667 bits per heavy atom. The Labute approximate surface area is 175 Å². The number of hydrogen-bond acceptors (Lipinski definition) is 4. The quantitative estimate of drug-likeness (QED) is 0.448. The molecule has 30 heavy (non-hydrogen) atoms. The molecule has 3 aromatic carbocycles. The summed E-state index contributed by atoms with van der Waals surface area (Å²) in [6.07, 6.45) is 0. The minimum absolute atomic E-state index is 0.0844. The Morgan fingerprint density at radius 2 is 1.03 bits per heavy atom. The largest absolute Gasteiger partial charge is 0.473 e. The van der Waals surface area contributed by atoms with Crippen molar-refractivity contribution in [2.75, 3.05) is 13.2 Å². The van der Waals surface area contributed by atoms with E-state index >= 15 is 0 Å². The lowest BCUT2D eigenvalue weighted by molar-refractivity contribution is -0.159. The van der Waals surface area contributed by atoms with Crippen LogP contribution in [0.1, 0.15) is 28.7 Å². The van der Waals surface area contributed by atoms with Gasteiger partial charge in [0.2, 0.25) is 0 Å². The molecule has 1 atom stereocenters. The van der Waals surface area contributed by atoms with E-state index in [1.807, 2.05) is 30.3 Å². The molecule has 0 aliphatic rings. The van der Waals surface area contributed by atoms with Gasteiger partial charge in [-0.1, -0.05) is 91.0 Å². The maximum absolute atomic E-state index is 9.79. The van der Waals surface area contributed by atoms with Gasteiger partial charge in [0.15, 0.2) is 0 Å². The van der Waals surface area contributed by atoms with Gasteiger partial charge in [0.25, 0.3) is 0 Å². The molecule has 6 nitrogen and oxygen atoms in total. The van der Waals surface area contributed by atoms with Crippen molar-refractivity contribution >= 4 is 11.9 Å². The third-order valence-electron chi connectivity index (χ3n) is 4.51. The molecule has 0 heterocycles. The first-order chi connectivity index (χ1) is 14.5. The average Bonchev–Trinajstić information content (AvgIpc) is 2.79.